The Bertz CT molecular complexity index is 877. The van der Waals surface area contributed by atoms with Crippen LogP contribution in [-0.4, -0.2) is 17.8 Å². The summed E-state index contributed by atoms with van der Waals surface area (Å²) in [6, 6.07) is 3.00. The van der Waals surface area contributed by atoms with Crippen LogP contribution in [0, 0.1) is 68.0 Å². The monoisotopic (exact) mass is 452 g/mol. The van der Waals surface area contributed by atoms with Gasteiger partial charge in [0, 0.05) is 11.5 Å². The van der Waals surface area contributed by atoms with Gasteiger partial charge in [-0.15, -0.1) is 0 Å². The van der Waals surface area contributed by atoms with Crippen LogP contribution in [0.25, 0.3) is 0 Å². The highest BCUT2D eigenvalue weighted by Crippen LogP contribution is 2.77. The lowest BCUT2D eigenvalue weighted by atomic mass is 9.32. The molecule has 5 saturated carbocycles. The highest BCUT2D eigenvalue weighted by atomic mass is 16.3. The zero-order chi connectivity index (χ0) is 24.0. The van der Waals surface area contributed by atoms with Crippen molar-refractivity contribution in [2.24, 2.45) is 62.4 Å². The van der Waals surface area contributed by atoms with Gasteiger partial charge in [0.05, 0.1) is 18.1 Å². The van der Waals surface area contributed by atoms with Crippen molar-refractivity contribution in [2.45, 2.75) is 105 Å². The Hall–Kier alpha value is -0.850. The van der Waals surface area contributed by atoms with Gasteiger partial charge in [-0.25, -0.2) is 0 Å². The van der Waals surface area contributed by atoms with Crippen LogP contribution < -0.4 is 5.73 Å². The number of aliphatic hydroxyl groups excluding tert-OH is 1. The van der Waals surface area contributed by atoms with Crippen molar-refractivity contribution in [1.82, 2.24) is 0 Å². The third-order valence-corrected chi connectivity index (χ3v) is 13.5. The van der Waals surface area contributed by atoms with Gasteiger partial charge >= 0.3 is 0 Å². The first kappa shape index (κ1) is 23.9. The molecule has 3 N–H and O–H groups in total. The number of nitrogens with two attached hydrogens (primary N) is 1. The van der Waals surface area contributed by atoms with Gasteiger partial charge in [-0.1, -0.05) is 39.8 Å². The lowest BCUT2D eigenvalue weighted by Gasteiger charge is -2.72. The highest BCUT2D eigenvalue weighted by Gasteiger charge is 2.71. The van der Waals surface area contributed by atoms with E-state index in [9.17, 15) is 10.4 Å². The van der Waals surface area contributed by atoms with Gasteiger partial charge in [0.2, 0.25) is 0 Å². The van der Waals surface area contributed by atoms with Crippen molar-refractivity contribution in [1.29, 1.82) is 5.26 Å². The number of rotatable bonds is 2. The number of nitriles is 1. The molecule has 0 saturated heterocycles. The predicted molar refractivity (Wildman–Crippen MR) is 134 cm³/mol. The quantitative estimate of drug-likeness (QED) is 0.472. The smallest absolute Gasteiger partial charge is 0.0693 e. The highest BCUT2D eigenvalue weighted by molar-refractivity contribution is 5.25. The molecule has 0 aliphatic heterocycles. The van der Waals surface area contributed by atoms with Crippen molar-refractivity contribution in [3.63, 3.8) is 0 Å². The summed E-state index contributed by atoms with van der Waals surface area (Å²) in [6.07, 6.45) is 11.7. The molecule has 0 amide bonds. The van der Waals surface area contributed by atoms with Crippen molar-refractivity contribution in [2.75, 3.05) is 6.61 Å². The predicted octanol–water partition coefficient (Wildman–Crippen LogP) is 6.47. The maximum atomic E-state index is 10.5. The Morgan fingerprint density at radius 1 is 0.939 bits per heavy atom. The Labute approximate surface area is 202 Å². The van der Waals surface area contributed by atoms with Crippen LogP contribution in [0.1, 0.15) is 98.8 Å². The van der Waals surface area contributed by atoms with Crippen LogP contribution in [0.4, 0.5) is 0 Å². The molecule has 0 aromatic heterocycles. The first-order chi connectivity index (χ1) is 15.4. The van der Waals surface area contributed by atoms with Crippen LogP contribution in [0.5, 0.6) is 0 Å². The second-order valence-electron chi connectivity index (χ2n) is 14.3. The average molecular weight is 453 g/mol. The average Bonchev–Trinajstić information content (AvgIpc) is 3.17. The van der Waals surface area contributed by atoms with Crippen molar-refractivity contribution in [3.8, 4) is 6.07 Å². The van der Waals surface area contributed by atoms with Crippen LogP contribution in [0.2, 0.25) is 0 Å². The fourth-order valence-electron chi connectivity index (χ4n) is 11.4. The zero-order valence-electron chi connectivity index (χ0n) is 21.9. The molecule has 0 bridgehead atoms. The molecule has 0 aromatic rings. The minimum absolute atomic E-state index is 0.109. The van der Waals surface area contributed by atoms with Gasteiger partial charge in [-0.3, -0.25) is 0 Å². The number of hydrogen-bond donors (Lipinski definition) is 2. The van der Waals surface area contributed by atoms with E-state index < -0.39 is 0 Å². The Kier molecular flexibility index (Phi) is 5.30. The van der Waals surface area contributed by atoms with E-state index in [-0.39, 0.29) is 34.3 Å². The third-order valence-electron chi connectivity index (χ3n) is 13.5. The number of hydrogen-bond acceptors (Lipinski definition) is 3. The summed E-state index contributed by atoms with van der Waals surface area (Å²) in [4.78, 5) is 0. The van der Waals surface area contributed by atoms with E-state index in [1.807, 2.05) is 0 Å². The lowest BCUT2D eigenvalue weighted by molar-refractivity contribution is -0.239. The summed E-state index contributed by atoms with van der Waals surface area (Å²) in [5.41, 5.74) is 8.51. The molecular formula is C30H48N2O. The Balaban J connectivity index is 1.56. The molecule has 11 atom stereocenters. The fraction of sp³-hybridized carbons (Fsp3) is 0.900. The van der Waals surface area contributed by atoms with Gasteiger partial charge in [0.25, 0.3) is 0 Å². The maximum absolute atomic E-state index is 10.5. The van der Waals surface area contributed by atoms with Crippen LogP contribution in [-0.2, 0) is 0 Å². The van der Waals surface area contributed by atoms with Gasteiger partial charge in [-0.2, -0.15) is 5.26 Å². The molecule has 0 aromatic carbocycles. The summed E-state index contributed by atoms with van der Waals surface area (Å²) in [7, 11) is 0. The fourth-order valence-corrected chi connectivity index (χ4v) is 11.4. The molecule has 5 fully saturated rings. The molecule has 3 heteroatoms. The minimum Gasteiger partial charge on any atom is -0.396 e. The van der Waals surface area contributed by atoms with Gasteiger partial charge in [0.15, 0.2) is 0 Å². The molecular weight excluding hydrogens is 404 g/mol. The summed E-state index contributed by atoms with van der Waals surface area (Å²) in [6.45, 7) is 16.9. The second kappa shape index (κ2) is 7.33. The number of fused-ring (bicyclic) bond motifs is 7. The number of nitrogens with zero attached hydrogens (tertiary/aromatic N) is 1. The van der Waals surface area contributed by atoms with Crippen molar-refractivity contribution < 1.29 is 5.11 Å². The van der Waals surface area contributed by atoms with E-state index >= 15 is 0 Å². The molecule has 33 heavy (non-hydrogen) atoms. The Morgan fingerprint density at radius 3 is 2.30 bits per heavy atom. The minimum atomic E-state index is -0.162. The van der Waals surface area contributed by atoms with Crippen molar-refractivity contribution >= 4 is 0 Å². The standard InChI is InChI=1S/C30H48N2O/c1-19(2)20-9-14-30(17-31)16-15-28(5)21(25(20)30)7-8-23-26(3)12-11-24(32)27(4,18-33)22(26)10-13-29(23,28)6/h20-25,33H,1,7-16,18,32H2,2-6H3/t20-,21+,22+,23+,24?,25+,26-,27?,28+,29+,30+/m0/s1. The SMILES string of the molecule is C=C(C)[C@@H]1CC[C@]2(C#N)CC[C@]3(C)[C@H](CC[C@@H]4[C@@]5(C)CCC(N)C(C)(CO)[C@@H]5CC[C@]43C)[C@@H]12. The molecule has 3 nitrogen and oxygen atoms in total. The molecule has 2 unspecified atom stereocenters. The molecule has 5 rings (SSSR count). The first-order valence-corrected chi connectivity index (χ1v) is 13.9. The zero-order valence-corrected chi connectivity index (χ0v) is 21.9. The number of allylic oxidation sites excluding steroid dienone is 1. The van der Waals surface area contributed by atoms with E-state index in [0.717, 1.165) is 25.7 Å². The van der Waals surface area contributed by atoms with E-state index in [0.29, 0.717) is 35.0 Å². The summed E-state index contributed by atoms with van der Waals surface area (Å²) in [5, 5.41) is 20.9. The molecule has 5 aliphatic rings. The van der Waals surface area contributed by atoms with E-state index in [1.165, 1.54) is 44.1 Å². The first-order valence-electron chi connectivity index (χ1n) is 13.9. The number of aliphatic hydroxyl groups is 1. The largest absolute Gasteiger partial charge is 0.396 e. The van der Waals surface area contributed by atoms with Crippen LogP contribution in [0.3, 0.4) is 0 Å². The Morgan fingerprint density at radius 2 is 1.67 bits per heavy atom. The maximum Gasteiger partial charge on any atom is 0.0693 e. The van der Waals surface area contributed by atoms with Gasteiger partial charge in [-0.05, 0) is 117 Å². The third kappa shape index (κ3) is 2.75. The molecule has 0 heterocycles. The summed E-state index contributed by atoms with van der Waals surface area (Å²) >= 11 is 0. The summed E-state index contributed by atoms with van der Waals surface area (Å²) < 4.78 is 0. The molecule has 0 spiro atoms. The molecule has 0 radical (unpaired) electrons. The molecule has 5 aliphatic carbocycles. The summed E-state index contributed by atoms with van der Waals surface area (Å²) in [5.74, 6) is 2.83. The van der Waals surface area contributed by atoms with Gasteiger partial charge < -0.3 is 10.8 Å². The van der Waals surface area contributed by atoms with E-state index in [4.69, 9.17) is 5.73 Å². The normalized spacial score (nSPS) is 57.8. The van der Waals surface area contributed by atoms with E-state index in [1.54, 1.807) is 0 Å². The second-order valence-corrected chi connectivity index (χ2v) is 14.3. The van der Waals surface area contributed by atoms with Gasteiger partial charge in [0.1, 0.15) is 0 Å². The van der Waals surface area contributed by atoms with Crippen LogP contribution >= 0.6 is 0 Å². The van der Waals surface area contributed by atoms with Crippen LogP contribution in [0.15, 0.2) is 12.2 Å². The topological polar surface area (TPSA) is 70.0 Å². The lowest BCUT2D eigenvalue weighted by Crippen LogP contribution is -2.68. The molecule has 184 valence electrons. The van der Waals surface area contributed by atoms with E-state index in [2.05, 4.69) is 47.3 Å². The van der Waals surface area contributed by atoms with Crippen molar-refractivity contribution in [3.05, 3.63) is 12.2 Å².